The molecule has 0 saturated heterocycles. The van der Waals surface area contributed by atoms with E-state index in [0.717, 1.165) is 17.7 Å². The van der Waals surface area contributed by atoms with Crippen molar-refractivity contribution in [2.75, 3.05) is 19.4 Å². The van der Waals surface area contributed by atoms with Gasteiger partial charge in [-0.3, -0.25) is 4.79 Å². The van der Waals surface area contributed by atoms with Gasteiger partial charge >= 0.3 is 0 Å². The number of thioether (sulfide) groups is 1. The molecule has 20 heavy (non-hydrogen) atoms. The minimum Gasteiger partial charge on any atom is -0.396 e. The third-order valence-electron chi connectivity index (χ3n) is 3.88. The summed E-state index contributed by atoms with van der Waals surface area (Å²) >= 11 is 7.65. The fourth-order valence-electron chi connectivity index (χ4n) is 1.95. The first kappa shape index (κ1) is 17.3. The number of carbonyl (C=O) groups is 1. The average Bonchev–Trinajstić information content (AvgIpc) is 2.49. The lowest BCUT2D eigenvalue weighted by atomic mass is 9.83. The first-order valence-electron chi connectivity index (χ1n) is 6.74. The van der Waals surface area contributed by atoms with Crippen LogP contribution in [0.2, 0.25) is 5.02 Å². The van der Waals surface area contributed by atoms with Gasteiger partial charge in [0.15, 0.2) is 0 Å². The van der Waals surface area contributed by atoms with Crippen LogP contribution in [0.3, 0.4) is 0 Å². The van der Waals surface area contributed by atoms with Crippen LogP contribution in [0.1, 0.15) is 37.0 Å². The topological polar surface area (TPSA) is 49.3 Å². The van der Waals surface area contributed by atoms with Gasteiger partial charge in [-0.25, -0.2) is 0 Å². The number of hydrogen-bond acceptors (Lipinski definition) is 3. The summed E-state index contributed by atoms with van der Waals surface area (Å²) in [4.78, 5) is 13.2. The number of aliphatic hydroxyl groups is 1. The van der Waals surface area contributed by atoms with Crippen LogP contribution in [0.5, 0.6) is 0 Å². The molecule has 0 heterocycles. The van der Waals surface area contributed by atoms with E-state index in [9.17, 15) is 9.90 Å². The molecule has 1 rings (SSSR count). The molecule has 0 aromatic heterocycles. The fraction of sp³-hybridized carbons (Fsp3) is 0.533. The van der Waals surface area contributed by atoms with Gasteiger partial charge in [0.2, 0.25) is 0 Å². The van der Waals surface area contributed by atoms with E-state index in [2.05, 4.69) is 5.32 Å². The molecule has 0 spiro atoms. The molecule has 0 fully saturated rings. The Bertz CT molecular complexity index is 453. The van der Waals surface area contributed by atoms with Crippen LogP contribution in [0.25, 0.3) is 0 Å². The second-order valence-corrected chi connectivity index (χ2v) is 6.18. The number of carbonyl (C=O) groups excluding carboxylic acids is 1. The molecule has 0 atom stereocenters. The van der Waals surface area contributed by atoms with Crippen molar-refractivity contribution >= 4 is 29.3 Å². The van der Waals surface area contributed by atoms with E-state index >= 15 is 0 Å². The zero-order valence-corrected chi connectivity index (χ0v) is 13.8. The van der Waals surface area contributed by atoms with Crippen LogP contribution in [0.15, 0.2) is 23.1 Å². The van der Waals surface area contributed by atoms with Gasteiger partial charge in [0.05, 0.1) is 17.2 Å². The van der Waals surface area contributed by atoms with Crippen LogP contribution in [-0.4, -0.2) is 30.4 Å². The second-order valence-electron chi connectivity index (χ2n) is 4.89. The number of amides is 1. The number of aliphatic hydroxyl groups excluding tert-OH is 1. The van der Waals surface area contributed by atoms with E-state index in [1.54, 1.807) is 23.9 Å². The van der Waals surface area contributed by atoms with Gasteiger partial charge in [-0.1, -0.05) is 25.4 Å². The Balaban J connectivity index is 2.81. The highest BCUT2D eigenvalue weighted by molar-refractivity contribution is 7.98. The van der Waals surface area contributed by atoms with Gasteiger partial charge < -0.3 is 10.4 Å². The SMILES string of the molecule is CCC(CC)(CO)CNC(=O)c1cc(SC)ccc1Cl. The van der Waals surface area contributed by atoms with Gasteiger partial charge in [0.25, 0.3) is 5.91 Å². The van der Waals surface area contributed by atoms with Crippen molar-refractivity contribution in [1.82, 2.24) is 5.32 Å². The Kier molecular flexibility index (Phi) is 6.86. The van der Waals surface area contributed by atoms with E-state index in [1.165, 1.54) is 0 Å². The van der Waals surface area contributed by atoms with Crippen molar-refractivity contribution in [3.63, 3.8) is 0 Å². The van der Waals surface area contributed by atoms with E-state index in [1.807, 2.05) is 26.2 Å². The van der Waals surface area contributed by atoms with Crippen LogP contribution in [0, 0.1) is 5.41 Å². The van der Waals surface area contributed by atoms with Gasteiger partial charge in [0, 0.05) is 16.9 Å². The van der Waals surface area contributed by atoms with Crippen molar-refractivity contribution in [3.05, 3.63) is 28.8 Å². The molecule has 3 nitrogen and oxygen atoms in total. The van der Waals surface area contributed by atoms with Crippen molar-refractivity contribution in [2.45, 2.75) is 31.6 Å². The summed E-state index contributed by atoms with van der Waals surface area (Å²) in [7, 11) is 0. The Hall–Kier alpha value is -0.710. The largest absolute Gasteiger partial charge is 0.396 e. The Morgan fingerprint density at radius 2 is 2.05 bits per heavy atom. The molecule has 0 aliphatic heterocycles. The maximum Gasteiger partial charge on any atom is 0.252 e. The molecular formula is C15H22ClNO2S. The van der Waals surface area contributed by atoms with E-state index in [-0.39, 0.29) is 17.9 Å². The number of hydrogen-bond donors (Lipinski definition) is 2. The summed E-state index contributed by atoms with van der Waals surface area (Å²) in [5.74, 6) is -0.189. The van der Waals surface area contributed by atoms with Gasteiger partial charge in [-0.05, 0) is 37.3 Å². The minimum absolute atomic E-state index is 0.0683. The zero-order chi connectivity index (χ0) is 15.2. The number of benzene rings is 1. The number of rotatable bonds is 7. The van der Waals surface area contributed by atoms with E-state index in [4.69, 9.17) is 11.6 Å². The normalized spacial score (nSPS) is 11.4. The maximum atomic E-state index is 12.2. The molecule has 1 amide bonds. The summed E-state index contributed by atoms with van der Waals surface area (Å²) in [6.07, 6.45) is 3.59. The molecule has 0 radical (unpaired) electrons. The van der Waals surface area contributed by atoms with E-state index < -0.39 is 0 Å². The van der Waals surface area contributed by atoms with Crippen molar-refractivity contribution in [1.29, 1.82) is 0 Å². The number of nitrogens with one attached hydrogen (secondary N) is 1. The van der Waals surface area contributed by atoms with E-state index in [0.29, 0.717) is 17.1 Å². The summed E-state index contributed by atoms with van der Waals surface area (Å²) in [6, 6.07) is 5.42. The first-order valence-corrected chi connectivity index (χ1v) is 8.34. The Morgan fingerprint density at radius 3 is 2.55 bits per heavy atom. The van der Waals surface area contributed by atoms with Crippen LogP contribution >= 0.6 is 23.4 Å². The van der Waals surface area contributed by atoms with Gasteiger partial charge in [-0.2, -0.15) is 0 Å². The minimum atomic E-state index is -0.251. The molecule has 0 bridgehead atoms. The predicted molar refractivity (Wildman–Crippen MR) is 85.7 cm³/mol. The third kappa shape index (κ3) is 4.14. The smallest absolute Gasteiger partial charge is 0.252 e. The lowest BCUT2D eigenvalue weighted by molar-refractivity contribution is 0.0851. The lowest BCUT2D eigenvalue weighted by Crippen LogP contribution is -2.39. The predicted octanol–water partition coefficient (Wildman–Crippen LogP) is 3.59. The van der Waals surface area contributed by atoms with Crippen molar-refractivity contribution in [3.8, 4) is 0 Å². The monoisotopic (exact) mass is 315 g/mol. The fourth-order valence-corrected chi connectivity index (χ4v) is 2.59. The molecule has 0 aliphatic rings. The van der Waals surface area contributed by atoms with Gasteiger partial charge in [0.1, 0.15) is 0 Å². The molecule has 0 aliphatic carbocycles. The van der Waals surface area contributed by atoms with Crippen LogP contribution < -0.4 is 5.32 Å². The van der Waals surface area contributed by atoms with Crippen LogP contribution in [0.4, 0.5) is 0 Å². The highest BCUT2D eigenvalue weighted by Crippen LogP contribution is 2.26. The average molecular weight is 316 g/mol. The molecule has 1 aromatic carbocycles. The molecule has 2 N–H and O–H groups in total. The summed E-state index contributed by atoms with van der Waals surface area (Å²) < 4.78 is 0. The molecule has 112 valence electrons. The highest BCUT2D eigenvalue weighted by atomic mass is 35.5. The van der Waals surface area contributed by atoms with Crippen molar-refractivity contribution in [2.24, 2.45) is 5.41 Å². The summed E-state index contributed by atoms with van der Waals surface area (Å²) in [6.45, 7) is 4.56. The Labute approximate surface area is 130 Å². The Morgan fingerprint density at radius 1 is 1.40 bits per heavy atom. The molecule has 0 unspecified atom stereocenters. The second kappa shape index (κ2) is 7.91. The molecular weight excluding hydrogens is 294 g/mol. The third-order valence-corrected chi connectivity index (χ3v) is 4.93. The molecule has 5 heteroatoms. The van der Waals surface area contributed by atoms with Gasteiger partial charge in [-0.15, -0.1) is 11.8 Å². The van der Waals surface area contributed by atoms with Crippen molar-refractivity contribution < 1.29 is 9.90 Å². The highest BCUT2D eigenvalue weighted by Gasteiger charge is 2.26. The maximum absolute atomic E-state index is 12.2. The zero-order valence-electron chi connectivity index (χ0n) is 12.2. The first-order chi connectivity index (χ1) is 9.51. The standard InChI is InChI=1S/C15H22ClNO2S/c1-4-15(5-2,10-18)9-17-14(19)12-8-11(20-3)6-7-13(12)16/h6-8,18H,4-5,9-10H2,1-3H3,(H,17,19). The quantitative estimate of drug-likeness (QED) is 0.756. The molecule has 0 saturated carbocycles. The number of halogens is 1. The summed E-state index contributed by atoms with van der Waals surface area (Å²) in [5, 5.41) is 12.9. The molecule has 1 aromatic rings. The summed E-state index contributed by atoms with van der Waals surface area (Å²) in [5.41, 5.74) is 0.233. The van der Waals surface area contributed by atoms with Crippen LogP contribution in [-0.2, 0) is 0 Å². The lowest BCUT2D eigenvalue weighted by Gasteiger charge is -2.29.